The number of halogens is 1. The molecule has 1 aromatic carbocycles. The number of nitrogens with zero attached hydrogens (tertiary/aromatic N) is 2. The summed E-state index contributed by atoms with van der Waals surface area (Å²) in [5, 5.41) is 9.51. The predicted octanol–water partition coefficient (Wildman–Crippen LogP) is 2.90. The van der Waals surface area contributed by atoms with Gasteiger partial charge in [-0.25, -0.2) is 4.39 Å². The Kier molecular flexibility index (Phi) is 6.43. The monoisotopic (exact) mass is 282 g/mol. The van der Waals surface area contributed by atoms with Gasteiger partial charge in [0.1, 0.15) is 5.82 Å². The van der Waals surface area contributed by atoms with Crippen LogP contribution >= 0.6 is 0 Å². The van der Waals surface area contributed by atoms with Gasteiger partial charge in [0.2, 0.25) is 0 Å². The smallest absolute Gasteiger partial charge is 0.146 e. The molecule has 1 atom stereocenters. The minimum absolute atomic E-state index is 0.261. The first-order valence-corrected chi connectivity index (χ1v) is 7.18. The average molecular weight is 282 g/mol. The van der Waals surface area contributed by atoms with Gasteiger partial charge in [-0.2, -0.15) is 0 Å². The van der Waals surface area contributed by atoms with Crippen molar-refractivity contribution >= 4 is 5.69 Å². The van der Waals surface area contributed by atoms with Crippen molar-refractivity contribution in [2.45, 2.75) is 26.9 Å². The third-order valence-electron chi connectivity index (χ3n) is 3.20. The second-order valence-corrected chi connectivity index (χ2v) is 6.03. The molecule has 0 spiro atoms. The molecule has 0 aromatic heterocycles. The zero-order valence-corrected chi connectivity index (χ0v) is 13.2. The molecule has 1 N–H and O–H groups in total. The van der Waals surface area contributed by atoms with Crippen molar-refractivity contribution in [3.8, 4) is 0 Å². The molecule has 0 aliphatic carbocycles. The summed E-state index contributed by atoms with van der Waals surface area (Å²) in [6, 6.07) is 5.00. The molecule has 3 nitrogen and oxygen atoms in total. The molecule has 0 radical (unpaired) electrons. The highest BCUT2D eigenvalue weighted by Gasteiger charge is 2.14. The molecule has 0 saturated carbocycles. The Labute approximate surface area is 122 Å². The van der Waals surface area contributed by atoms with E-state index in [9.17, 15) is 9.50 Å². The average Bonchev–Trinajstić information content (AvgIpc) is 2.33. The lowest BCUT2D eigenvalue weighted by atomic mass is 10.1. The highest BCUT2D eigenvalue weighted by atomic mass is 19.1. The van der Waals surface area contributed by atoms with Crippen molar-refractivity contribution in [2.75, 3.05) is 38.6 Å². The molecule has 1 unspecified atom stereocenters. The first kappa shape index (κ1) is 16.9. The van der Waals surface area contributed by atoms with Crippen LogP contribution in [-0.2, 0) is 0 Å². The van der Waals surface area contributed by atoms with Crippen LogP contribution in [0, 0.1) is 11.7 Å². The molecule has 0 fully saturated rings. The molecule has 0 bridgehead atoms. The number of aliphatic hydroxyl groups is 1. The van der Waals surface area contributed by atoms with Crippen molar-refractivity contribution in [2.24, 2.45) is 5.92 Å². The third-order valence-corrected chi connectivity index (χ3v) is 3.20. The maximum Gasteiger partial charge on any atom is 0.146 e. The summed E-state index contributed by atoms with van der Waals surface area (Å²) in [6.45, 7) is 8.39. The maximum atomic E-state index is 14.3. The van der Waals surface area contributed by atoms with Crippen molar-refractivity contribution in [1.82, 2.24) is 4.90 Å². The second-order valence-electron chi connectivity index (χ2n) is 6.03. The quantitative estimate of drug-likeness (QED) is 0.833. The van der Waals surface area contributed by atoms with Gasteiger partial charge in [0.15, 0.2) is 0 Å². The predicted molar refractivity (Wildman–Crippen MR) is 82.6 cm³/mol. The first-order valence-electron chi connectivity index (χ1n) is 7.18. The topological polar surface area (TPSA) is 26.7 Å². The number of hydrogen-bond acceptors (Lipinski definition) is 3. The van der Waals surface area contributed by atoms with Crippen molar-refractivity contribution in [3.05, 3.63) is 29.6 Å². The van der Waals surface area contributed by atoms with Crippen LogP contribution in [0.2, 0.25) is 0 Å². The molecule has 0 heterocycles. The molecule has 4 heteroatoms. The van der Waals surface area contributed by atoms with E-state index in [4.69, 9.17) is 0 Å². The normalized spacial score (nSPS) is 13.1. The van der Waals surface area contributed by atoms with Gasteiger partial charge in [-0.3, -0.25) is 0 Å². The van der Waals surface area contributed by atoms with Gasteiger partial charge in [0, 0.05) is 19.6 Å². The van der Waals surface area contributed by atoms with Crippen molar-refractivity contribution in [3.63, 3.8) is 0 Å². The van der Waals surface area contributed by atoms with Gasteiger partial charge < -0.3 is 14.9 Å². The fourth-order valence-electron chi connectivity index (χ4n) is 2.11. The molecule has 20 heavy (non-hydrogen) atoms. The highest BCUT2D eigenvalue weighted by molar-refractivity contribution is 5.49. The van der Waals surface area contributed by atoms with Crippen LogP contribution in [0.15, 0.2) is 18.2 Å². The van der Waals surface area contributed by atoms with E-state index in [1.54, 1.807) is 19.1 Å². The van der Waals surface area contributed by atoms with Crippen LogP contribution in [0.25, 0.3) is 0 Å². The Morgan fingerprint density at radius 1 is 1.15 bits per heavy atom. The van der Waals surface area contributed by atoms with Crippen LogP contribution in [0.3, 0.4) is 0 Å². The van der Waals surface area contributed by atoms with E-state index in [2.05, 4.69) is 23.6 Å². The first-order chi connectivity index (χ1) is 9.31. The number of likely N-dealkylation sites (N-methyl/N-ethyl adjacent to an activating group) is 1. The lowest BCUT2D eigenvalue weighted by molar-refractivity contribution is 0.199. The van der Waals surface area contributed by atoms with Gasteiger partial charge in [0.05, 0.1) is 11.8 Å². The summed E-state index contributed by atoms with van der Waals surface area (Å²) in [4.78, 5) is 4.17. The van der Waals surface area contributed by atoms with Crippen LogP contribution in [0.4, 0.5) is 10.1 Å². The van der Waals surface area contributed by atoms with Gasteiger partial charge in [0.25, 0.3) is 0 Å². The molecule has 0 aliphatic rings. The van der Waals surface area contributed by atoms with Crippen LogP contribution in [-0.4, -0.2) is 43.7 Å². The Bertz CT molecular complexity index is 419. The van der Waals surface area contributed by atoms with E-state index in [-0.39, 0.29) is 5.82 Å². The molecular weight excluding hydrogens is 255 g/mol. The summed E-state index contributed by atoms with van der Waals surface area (Å²) in [5.74, 6) is 0.204. The number of anilines is 1. The Balaban J connectivity index is 2.94. The summed E-state index contributed by atoms with van der Waals surface area (Å²) < 4.78 is 14.3. The van der Waals surface area contributed by atoms with Gasteiger partial charge in [-0.1, -0.05) is 19.9 Å². The van der Waals surface area contributed by atoms with Crippen LogP contribution in [0.1, 0.15) is 32.4 Å². The SMILES string of the molecule is CC(C)CN(CCN(C)C)c1ccc(C(C)O)cc1F. The fourth-order valence-corrected chi connectivity index (χ4v) is 2.11. The molecule has 0 aliphatic heterocycles. The maximum absolute atomic E-state index is 14.3. The second kappa shape index (κ2) is 7.60. The van der Waals surface area contributed by atoms with E-state index in [0.29, 0.717) is 17.2 Å². The molecule has 1 aromatic rings. The molecule has 0 amide bonds. The number of rotatable bonds is 7. The lowest BCUT2D eigenvalue weighted by Crippen LogP contribution is -2.35. The standard InChI is InChI=1S/C16H27FN2O/c1-12(2)11-19(9-8-18(4)5)16-7-6-14(13(3)20)10-15(16)17/h6-7,10,12-13,20H,8-9,11H2,1-5H3. The third kappa shape index (κ3) is 5.10. The van der Waals surface area contributed by atoms with E-state index < -0.39 is 6.10 Å². The zero-order valence-electron chi connectivity index (χ0n) is 13.2. The highest BCUT2D eigenvalue weighted by Crippen LogP contribution is 2.24. The zero-order chi connectivity index (χ0) is 15.3. The number of hydrogen-bond donors (Lipinski definition) is 1. The Morgan fingerprint density at radius 2 is 1.80 bits per heavy atom. The van der Waals surface area contributed by atoms with E-state index in [1.807, 2.05) is 14.1 Å². The summed E-state index contributed by atoms with van der Waals surface area (Å²) in [5.41, 5.74) is 1.23. The van der Waals surface area contributed by atoms with Gasteiger partial charge in [-0.15, -0.1) is 0 Å². The Morgan fingerprint density at radius 3 is 2.25 bits per heavy atom. The minimum atomic E-state index is -0.640. The number of benzene rings is 1. The van der Waals surface area contributed by atoms with Crippen molar-refractivity contribution in [1.29, 1.82) is 0 Å². The minimum Gasteiger partial charge on any atom is -0.389 e. The molecule has 1 rings (SSSR count). The Hall–Kier alpha value is -1.13. The summed E-state index contributed by atoms with van der Waals surface area (Å²) in [6.07, 6.45) is -0.640. The van der Waals surface area contributed by atoms with Gasteiger partial charge >= 0.3 is 0 Å². The van der Waals surface area contributed by atoms with Crippen LogP contribution in [0.5, 0.6) is 0 Å². The van der Waals surface area contributed by atoms with Crippen LogP contribution < -0.4 is 4.90 Å². The molecule has 114 valence electrons. The summed E-state index contributed by atoms with van der Waals surface area (Å²) in [7, 11) is 4.03. The largest absolute Gasteiger partial charge is 0.389 e. The fraction of sp³-hybridized carbons (Fsp3) is 0.625. The van der Waals surface area contributed by atoms with Crippen molar-refractivity contribution < 1.29 is 9.50 Å². The van der Waals surface area contributed by atoms with E-state index >= 15 is 0 Å². The lowest BCUT2D eigenvalue weighted by Gasteiger charge is -2.28. The van der Waals surface area contributed by atoms with E-state index in [1.165, 1.54) is 6.07 Å². The summed E-state index contributed by atoms with van der Waals surface area (Å²) >= 11 is 0. The number of aliphatic hydroxyl groups excluding tert-OH is 1. The molecule has 0 saturated heterocycles. The van der Waals surface area contributed by atoms with Gasteiger partial charge in [-0.05, 0) is 44.6 Å². The molecular formula is C16H27FN2O. The van der Waals surface area contributed by atoms with E-state index in [0.717, 1.165) is 19.6 Å².